The fraction of sp³-hybridized carbons (Fsp3) is 0.528. The number of carbonyl (C=O) groups excluding carboxylic acids is 1. The van der Waals surface area contributed by atoms with Crippen LogP contribution in [0.3, 0.4) is 0 Å². The number of carbonyl (C=O) groups is 1. The van der Waals surface area contributed by atoms with Gasteiger partial charge in [0.25, 0.3) is 0 Å². The van der Waals surface area contributed by atoms with E-state index in [1.807, 2.05) is 69.3 Å². The lowest BCUT2D eigenvalue weighted by molar-refractivity contribution is 0.0492. The summed E-state index contributed by atoms with van der Waals surface area (Å²) in [6.45, 7) is 14.3. The largest absolute Gasteiger partial charge is 0.444 e. The molecule has 1 amide bonds. The maximum absolute atomic E-state index is 12.6. The Hall–Kier alpha value is -3.94. The molecule has 2 aliphatic rings. The molecule has 1 aromatic carbocycles. The summed E-state index contributed by atoms with van der Waals surface area (Å²) < 4.78 is 17.5. The van der Waals surface area contributed by atoms with E-state index in [-0.39, 0.29) is 24.2 Å². The second-order valence-corrected chi connectivity index (χ2v) is 22.0. The maximum atomic E-state index is 12.6. The van der Waals surface area contributed by atoms with Gasteiger partial charge in [0.1, 0.15) is 23.7 Å². The van der Waals surface area contributed by atoms with Crippen molar-refractivity contribution < 1.29 is 14.3 Å². The number of anilines is 1. The van der Waals surface area contributed by atoms with Gasteiger partial charge in [-0.2, -0.15) is 10.2 Å². The van der Waals surface area contributed by atoms with E-state index in [1.165, 1.54) is 0 Å². The minimum absolute atomic E-state index is 0.0656. The molecule has 12 nitrogen and oxygen atoms in total. The van der Waals surface area contributed by atoms with Gasteiger partial charge in [0.05, 0.1) is 29.0 Å². The minimum atomic E-state index is -1.25. The first-order valence-corrected chi connectivity index (χ1v) is 21.7. The van der Waals surface area contributed by atoms with E-state index >= 15 is 0 Å². The van der Waals surface area contributed by atoms with Gasteiger partial charge in [-0.3, -0.25) is 9.36 Å². The first-order valence-electron chi connectivity index (χ1n) is 17.6. The van der Waals surface area contributed by atoms with Crippen molar-refractivity contribution in [2.75, 3.05) is 11.5 Å². The molecule has 50 heavy (non-hydrogen) atoms. The molecule has 1 unspecified atom stereocenters. The average molecular weight is 718 g/mol. The molecule has 5 aromatic rings. The third kappa shape index (κ3) is 7.40. The predicted molar refractivity (Wildman–Crippen MR) is 199 cm³/mol. The van der Waals surface area contributed by atoms with Crippen molar-refractivity contribution in [1.29, 1.82) is 0 Å². The zero-order valence-corrected chi connectivity index (χ0v) is 31.9. The molecular formula is C36H48ClN9O3Si. The van der Waals surface area contributed by atoms with Crippen molar-refractivity contribution in [3.63, 3.8) is 0 Å². The molecular weight excluding hydrogens is 670 g/mol. The van der Waals surface area contributed by atoms with Crippen molar-refractivity contribution in [2.45, 2.75) is 109 Å². The van der Waals surface area contributed by atoms with Crippen molar-refractivity contribution in [2.24, 2.45) is 7.05 Å². The molecule has 4 aromatic heterocycles. The predicted octanol–water partition coefficient (Wildman–Crippen LogP) is 7.22. The normalized spacial score (nSPS) is 19.5. The van der Waals surface area contributed by atoms with E-state index in [4.69, 9.17) is 36.1 Å². The lowest BCUT2D eigenvalue weighted by atomic mass is 9.97. The molecule has 2 bridgehead atoms. The molecule has 1 N–H and O–H groups in total. The number of nitrogens with one attached hydrogen (secondary N) is 1. The molecule has 2 fully saturated rings. The van der Waals surface area contributed by atoms with Crippen LogP contribution in [0.2, 0.25) is 30.7 Å². The number of piperidine rings is 1. The van der Waals surface area contributed by atoms with Crippen molar-refractivity contribution >= 4 is 53.7 Å². The molecule has 0 saturated carbocycles. The Labute approximate surface area is 299 Å². The van der Waals surface area contributed by atoms with Crippen LogP contribution in [0.5, 0.6) is 0 Å². The first kappa shape index (κ1) is 34.5. The van der Waals surface area contributed by atoms with Crippen LogP contribution >= 0.6 is 11.6 Å². The number of hydrogen-bond donors (Lipinski definition) is 1. The molecule has 266 valence electrons. The van der Waals surface area contributed by atoms with Crippen LogP contribution in [0.15, 0.2) is 43.0 Å². The second kappa shape index (κ2) is 13.3. The van der Waals surface area contributed by atoms with Gasteiger partial charge in [0.15, 0.2) is 5.65 Å². The number of alkyl carbamates (subject to hydrolysis) is 1. The number of aromatic nitrogens is 7. The highest BCUT2D eigenvalue weighted by atomic mass is 35.5. The Balaban J connectivity index is 1.19. The van der Waals surface area contributed by atoms with E-state index in [0.29, 0.717) is 24.9 Å². The topological polar surface area (TPSA) is 117 Å². The highest BCUT2D eigenvalue weighted by molar-refractivity contribution is 6.76. The highest BCUT2D eigenvalue weighted by Gasteiger charge is 2.42. The number of fused-ring (bicyclic) bond motifs is 4. The molecule has 0 aliphatic carbocycles. The Morgan fingerprint density at radius 3 is 2.50 bits per heavy atom. The van der Waals surface area contributed by atoms with Gasteiger partial charge in [-0.05, 0) is 64.6 Å². The summed E-state index contributed by atoms with van der Waals surface area (Å²) in [5.74, 6) is 0.853. The van der Waals surface area contributed by atoms with Gasteiger partial charge in [0, 0.05) is 75.0 Å². The summed E-state index contributed by atoms with van der Waals surface area (Å²) in [5.41, 5.74) is 4.54. The van der Waals surface area contributed by atoms with Crippen LogP contribution in [0.1, 0.15) is 52.1 Å². The Morgan fingerprint density at radius 2 is 1.82 bits per heavy atom. The number of aryl methyl sites for hydroxylation is 1. The third-order valence-electron chi connectivity index (χ3n) is 9.55. The lowest BCUT2D eigenvalue weighted by Gasteiger charge is -2.39. The third-order valence-corrected chi connectivity index (χ3v) is 11.7. The van der Waals surface area contributed by atoms with Crippen LogP contribution < -0.4 is 10.2 Å². The fourth-order valence-corrected chi connectivity index (χ4v) is 8.32. The van der Waals surface area contributed by atoms with Crippen LogP contribution in [0, 0.1) is 0 Å². The number of rotatable bonds is 10. The van der Waals surface area contributed by atoms with Gasteiger partial charge in [-0.1, -0.05) is 37.3 Å². The zero-order valence-electron chi connectivity index (χ0n) is 30.1. The summed E-state index contributed by atoms with van der Waals surface area (Å²) in [7, 11) is 0.654. The standard InChI is InChI=1S/C36H48ClN9O3Si/c1-36(2,3)49-35(47)39-24-16-25-8-9-26(17-24)46(25)31-18-38-33-28(20-44(34(33)40-31)22-48-14-15-50(5,6)7)27-10-11-30-29(32(27)37)21-45(42-30)19-23-12-13-43(4)41-23/h10-13,18,20-21,24-26H,8-9,14-17,19,22H2,1-7H3,(H,39,47)/t24?,25-,26+. The number of benzene rings is 1. The van der Waals surface area contributed by atoms with Gasteiger partial charge in [-0.15, -0.1) is 0 Å². The Morgan fingerprint density at radius 1 is 1.06 bits per heavy atom. The lowest BCUT2D eigenvalue weighted by Crippen LogP contribution is -2.51. The maximum Gasteiger partial charge on any atom is 0.407 e. The Bertz CT molecular complexity index is 2010. The monoisotopic (exact) mass is 717 g/mol. The molecule has 0 radical (unpaired) electrons. The van der Waals surface area contributed by atoms with E-state index in [0.717, 1.165) is 76.4 Å². The molecule has 2 saturated heterocycles. The van der Waals surface area contributed by atoms with Gasteiger partial charge >= 0.3 is 6.09 Å². The van der Waals surface area contributed by atoms with Gasteiger partial charge in [0.2, 0.25) is 0 Å². The first-order chi connectivity index (χ1) is 23.7. The van der Waals surface area contributed by atoms with E-state index in [1.54, 1.807) is 4.68 Å². The minimum Gasteiger partial charge on any atom is -0.444 e. The van der Waals surface area contributed by atoms with Crippen LogP contribution in [-0.4, -0.2) is 78.6 Å². The van der Waals surface area contributed by atoms with Crippen LogP contribution in [0.4, 0.5) is 10.6 Å². The molecule has 0 spiro atoms. The molecule has 2 aliphatic heterocycles. The van der Waals surface area contributed by atoms with E-state index in [9.17, 15) is 4.79 Å². The zero-order chi connectivity index (χ0) is 35.4. The van der Waals surface area contributed by atoms with E-state index < -0.39 is 13.7 Å². The number of amides is 1. The average Bonchev–Trinajstić information content (AvgIpc) is 3.78. The van der Waals surface area contributed by atoms with Crippen LogP contribution in [-0.2, 0) is 29.8 Å². The quantitative estimate of drug-likeness (QED) is 0.119. The van der Waals surface area contributed by atoms with Gasteiger partial charge in [-0.25, -0.2) is 14.8 Å². The van der Waals surface area contributed by atoms with Crippen LogP contribution in [0.25, 0.3) is 33.2 Å². The molecule has 14 heteroatoms. The molecule has 6 heterocycles. The molecule has 3 atom stereocenters. The summed E-state index contributed by atoms with van der Waals surface area (Å²) >= 11 is 7.16. The number of halogens is 1. The van der Waals surface area contributed by atoms with Crippen molar-refractivity contribution in [3.8, 4) is 11.1 Å². The summed E-state index contributed by atoms with van der Waals surface area (Å²) in [6.07, 6.45) is 11.3. The number of nitrogens with zero attached hydrogens (tertiary/aromatic N) is 8. The number of hydrogen-bond acceptors (Lipinski definition) is 8. The highest BCUT2D eigenvalue weighted by Crippen LogP contribution is 2.41. The van der Waals surface area contributed by atoms with Gasteiger partial charge < -0.3 is 24.3 Å². The fourth-order valence-electron chi connectivity index (χ4n) is 7.25. The SMILES string of the molecule is Cn1ccc(Cn2cc3c(Cl)c(-c4cn(COCC[Si](C)(C)C)c5nc(N6[C@@H]7CC[C@H]6CC(NC(=O)OC(C)(C)C)C7)cnc45)ccc3n2)n1. The van der Waals surface area contributed by atoms with Crippen molar-refractivity contribution in [3.05, 3.63) is 53.7 Å². The molecule has 7 rings (SSSR count). The van der Waals surface area contributed by atoms with Crippen molar-refractivity contribution in [1.82, 2.24) is 39.4 Å². The summed E-state index contributed by atoms with van der Waals surface area (Å²) in [6, 6.07) is 7.68. The smallest absolute Gasteiger partial charge is 0.407 e. The second-order valence-electron chi connectivity index (χ2n) is 16.0. The number of ether oxygens (including phenoxy) is 2. The summed E-state index contributed by atoms with van der Waals surface area (Å²) in [4.78, 5) is 25.3. The van der Waals surface area contributed by atoms with E-state index in [2.05, 4.69) is 45.7 Å². The summed E-state index contributed by atoms with van der Waals surface area (Å²) in [5, 5.41) is 13.9. The Kier molecular flexibility index (Phi) is 9.19.